The maximum atomic E-state index is 14.9. The molecule has 0 atom stereocenters. The Bertz CT molecular complexity index is 4730. The predicted molar refractivity (Wildman–Crippen MR) is 398 cm³/mol. The SMILES string of the molecule is Cc1ccc(S(=O)(=O)N2Cc3ccc(cc3)-c3cccc(c3)-c3ccc(cc3)CN(S(=O)(=O)c3ccc(C)cc3)Cc3cccc(c3)CN(S(=O)(=O)c3ccc(C)cc3)Cc3ccc(cc3)-c3cccc(c3)-c3ccc(cc3)CN(S(=O)(=O)c3ccc(C)cc3)Cc3cccc(c3)C2)cc1. The molecule has 0 saturated heterocycles. The summed E-state index contributed by atoms with van der Waals surface area (Å²) in [4.78, 5) is 0.630. The highest BCUT2D eigenvalue weighted by Crippen LogP contribution is 2.34. The van der Waals surface area contributed by atoms with Crippen molar-refractivity contribution >= 4 is 40.1 Å². The fraction of sp³-hybridized carbons (Fsp3) is 0.143. The normalized spacial score (nSPS) is 14.4. The summed E-state index contributed by atoms with van der Waals surface area (Å²) >= 11 is 0. The minimum atomic E-state index is -4.08. The van der Waals surface area contributed by atoms with Crippen molar-refractivity contribution in [1.82, 2.24) is 17.2 Å². The first-order chi connectivity index (χ1) is 48.1. The Labute approximate surface area is 589 Å². The van der Waals surface area contributed by atoms with Crippen molar-refractivity contribution in [3.63, 3.8) is 0 Å². The summed E-state index contributed by atoms with van der Waals surface area (Å²) in [6.07, 6.45) is 0. The van der Waals surface area contributed by atoms with Crippen LogP contribution in [0.1, 0.15) is 66.8 Å². The molecular formula is C84H76N4O8S4. The molecule has 7 heterocycles. The van der Waals surface area contributed by atoms with Crippen LogP contribution in [0.15, 0.2) is 311 Å². The second kappa shape index (κ2) is 29.2. The zero-order valence-corrected chi connectivity index (χ0v) is 59.3. The van der Waals surface area contributed by atoms with Gasteiger partial charge >= 0.3 is 0 Å². The van der Waals surface area contributed by atoms with Crippen molar-refractivity contribution in [2.75, 3.05) is 0 Å². The molecule has 19 rings (SSSR count). The summed E-state index contributed by atoms with van der Waals surface area (Å²) < 4.78 is 125. The van der Waals surface area contributed by atoms with Crippen LogP contribution >= 0.6 is 0 Å². The smallest absolute Gasteiger partial charge is 0.207 e. The Morgan fingerprint density at radius 2 is 0.370 bits per heavy atom. The van der Waals surface area contributed by atoms with E-state index in [0.717, 1.165) is 89.0 Å². The van der Waals surface area contributed by atoms with Gasteiger partial charge in [0.25, 0.3) is 0 Å². The molecule has 0 saturated carbocycles. The number of benzene rings is 12. The van der Waals surface area contributed by atoms with Crippen LogP contribution < -0.4 is 0 Å². The second-order valence-electron chi connectivity index (χ2n) is 25.9. The van der Waals surface area contributed by atoms with Gasteiger partial charge in [0.1, 0.15) is 0 Å². The molecular weight excluding hydrogens is 1320 g/mol. The maximum Gasteiger partial charge on any atom is 0.243 e. The van der Waals surface area contributed by atoms with E-state index in [4.69, 9.17) is 0 Å². The lowest BCUT2D eigenvalue weighted by atomic mass is 9.98. The molecule has 0 amide bonds. The first kappa shape index (κ1) is 68.8. The molecule has 0 radical (unpaired) electrons. The van der Waals surface area contributed by atoms with E-state index < -0.39 is 40.1 Å². The van der Waals surface area contributed by atoms with E-state index in [9.17, 15) is 33.7 Å². The highest BCUT2D eigenvalue weighted by atomic mass is 32.2. The van der Waals surface area contributed by atoms with Gasteiger partial charge in [0.05, 0.1) is 19.6 Å². The lowest BCUT2D eigenvalue weighted by molar-refractivity contribution is 0.395. The van der Waals surface area contributed by atoms with Crippen molar-refractivity contribution in [3.8, 4) is 44.5 Å². The van der Waals surface area contributed by atoms with Gasteiger partial charge in [-0.2, -0.15) is 17.2 Å². The van der Waals surface area contributed by atoms with Gasteiger partial charge < -0.3 is 0 Å². The van der Waals surface area contributed by atoms with E-state index in [1.54, 1.807) is 97.1 Å². The Morgan fingerprint density at radius 1 is 0.190 bits per heavy atom. The van der Waals surface area contributed by atoms with Crippen LogP contribution in [-0.4, -0.2) is 50.9 Å². The molecule has 0 unspecified atom stereocenters. The largest absolute Gasteiger partial charge is 0.243 e. The van der Waals surface area contributed by atoms with Crippen molar-refractivity contribution < 1.29 is 33.7 Å². The molecule has 7 aliphatic rings. The van der Waals surface area contributed by atoms with E-state index in [1.165, 1.54) is 17.2 Å². The fourth-order valence-corrected chi connectivity index (χ4v) is 18.3. The standard InChI is InChI=1S/C84H76N4O8S4/c1-61-17-41-81(42-18-61)97(89,90)85-53-65-25-33-73(34-26-65)77-13-7-14-78(51-77)74-37-29-67(30-38-74)55-87(99(93,94)83-45-21-63(3)22-46-83)59-71-11-6-12-72(50-71)60-88(100(95,96)84-47-23-64(4)24-48-84)56-68-31-39-76(40-32-68)80-16-8-15-79(52-80)75-35-27-66(28-36-75)54-86(58-70-10-5-9-69(49-70)57-85)98(91,92)82-43-19-62(2)20-44-82/h5-52H,53-60H2,1-4H3. The van der Waals surface area contributed by atoms with Crippen molar-refractivity contribution in [2.24, 2.45) is 0 Å². The molecule has 12 nitrogen and oxygen atoms in total. The molecule has 12 aromatic rings. The van der Waals surface area contributed by atoms with E-state index in [2.05, 4.69) is 12.1 Å². The summed E-state index contributed by atoms with van der Waals surface area (Å²) in [5.74, 6) is 0. The minimum Gasteiger partial charge on any atom is -0.207 e. The Balaban J connectivity index is 0.872. The van der Waals surface area contributed by atoms with Gasteiger partial charge in [-0.3, -0.25) is 0 Å². The van der Waals surface area contributed by atoms with E-state index in [0.29, 0.717) is 22.3 Å². The number of nitrogens with zero attached hydrogens (tertiary/aromatic N) is 4. The molecule has 0 N–H and O–H groups in total. The Kier molecular flexibility index (Phi) is 20.1. The molecule has 0 fully saturated rings. The minimum absolute atomic E-state index is 0.0000748. The van der Waals surface area contributed by atoms with E-state index >= 15 is 0 Å². The lowest BCUT2D eigenvalue weighted by Gasteiger charge is -2.25. The van der Waals surface area contributed by atoms with Crippen molar-refractivity contribution in [3.05, 3.63) is 358 Å². The molecule has 0 spiro atoms. The summed E-state index contributed by atoms with van der Waals surface area (Å²) in [7, 11) is -16.3. The van der Waals surface area contributed by atoms with Crippen LogP contribution in [0.25, 0.3) is 44.5 Å². The van der Waals surface area contributed by atoms with Crippen LogP contribution in [-0.2, 0) is 92.5 Å². The zero-order chi connectivity index (χ0) is 69.8. The third-order valence-corrected chi connectivity index (χ3v) is 25.6. The zero-order valence-electron chi connectivity index (χ0n) is 56.1. The molecule has 12 aromatic carbocycles. The molecule has 504 valence electrons. The summed E-state index contributed by atoms with van der Waals surface area (Å²) in [5.41, 5.74) is 16.9. The lowest BCUT2D eigenvalue weighted by Crippen LogP contribution is -2.31. The average molecular weight is 1400 g/mol. The maximum absolute atomic E-state index is 14.9. The third-order valence-electron chi connectivity index (χ3n) is 18.4. The van der Waals surface area contributed by atoms with Crippen LogP contribution in [0, 0.1) is 27.7 Å². The van der Waals surface area contributed by atoms with Gasteiger partial charge in [0.2, 0.25) is 40.1 Å². The first-order valence-electron chi connectivity index (χ1n) is 33.1. The van der Waals surface area contributed by atoms with Gasteiger partial charge in [0, 0.05) is 52.4 Å². The van der Waals surface area contributed by atoms with Gasteiger partial charge in [-0.15, -0.1) is 0 Å². The summed E-state index contributed by atoms with van der Waals surface area (Å²) in [6, 6.07) is 90.0. The second-order valence-corrected chi connectivity index (χ2v) is 33.7. The first-order valence-corrected chi connectivity index (χ1v) is 38.9. The molecule has 0 aromatic heterocycles. The summed E-state index contributed by atoms with van der Waals surface area (Å²) in [6.45, 7) is 7.83. The average Bonchev–Trinajstić information content (AvgIpc) is 0.818. The molecule has 7 aliphatic heterocycles. The fourth-order valence-electron chi connectivity index (χ4n) is 12.6. The van der Waals surface area contributed by atoms with Gasteiger partial charge in [-0.05, 0) is 177 Å². The Morgan fingerprint density at radius 3 is 0.570 bits per heavy atom. The van der Waals surface area contributed by atoms with Crippen molar-refractivity contribution in [1.29, 1.82) is 0 Å². The number of rotatable bonds is 8. The molecule has 0 aliphatic carbocycles. The van der Waals surface area contributed by atoms with Crippen LogP contribution in [0.4, 0.5) is 0 Å². The van der Waals surface area contributed by atoms with Gasteiger partial charge in [0.15, 0.2) is 0 Å². The highest BCUT2D eigenvalue weighted by molar-refractivity contribution is 7.90. The van der Waals surface area contributed by atoms with E-state index in [1.807, 2.05) is 210 Å². The molecule has 16 heteroatoms. The predicted octanol–water partition coefficient (Wildman–Crippen LogP) is 17.5. The molecule has 100 heavy (non-hydrogen) atoms. The van der Waals surface area contributed by atoms with Crippen LogP contribution in [0.2, 0.25) is 0 Å². The topological polar surface area (TPSA) is 150 Å². The van der Waals surface area contributed by atoms with Crippen LogP contribution in [0.5, 0.6) is 0 Å². The van der Waals surface area contributed by atoms with Gasteiger partial charge in [-0.25, -0.2) is 33.7 Å². The monoisotopic (exact) mass is 1400 g/mol. The van der Waals surface area contributed by atoms with Crippen LogP contribution in [0.3, 0.4) is 0 Å². The molecule has 16 bridgehead atoms. The number of sulfonamides is 4. The third kappa shape index (κ3) is 15.8. The number of aryl methyl sites for hydroxylation is 4. The van der Waals surface area contributed by atoms with E-state index in [-0.39, 0.29) is 71.9 Å². The Hall–Kier alpha value is -9.72. The number of hydrogen-bond donors (Lipinski definition) is 0. The van der Waals surface area contributed by atoms with Crippen molar-refractivity contribution in [2.45, 2.75) is 99.6 Å². The van der Waals surface area contributed by atoms with Gasteiger partial charge in [-0.1, -0.05) is 253 Å². The quantitative estimate of drug-likeness (QED) is 0.146. The summed E-state index contributed by atoms with van der Waals surface area (Å²) in [5, 5.41) is 0. The number of hydrogen-bond acceptors (Lipinski definition) is 8. The highest BCUT2D eigenvalue weighted by Gasteiger charge is 2.31.